The maximum Gasteiger partial charge on any atom is 0.271 e. The number of ether oxygens (including phenoxy) is 3. The molecule has 4 rings (SSSR count). The molecule has 0 bridgehead atoms. The molecule has 0 atom stereocenters. The van der Waals surface area contributed by atoms with Gasteiger partial charge in [-0.1, -0.05) is 0 Å². The average molecular weight is 311 g/mol. The molecule has 0 radical (unpaired) electrons. The van der Waals surface area contributed by atoms with Crippen LogP contribution in [0.3, 0.4) is 0 Å². The molecule has 0 unspecified atom stereocenters. The summed E-state index contributed by atoms with van der Waals surface area (Å²) in [5.41, 5.74) is 0.398. The highest BCUT2D eigenvalue weighted by atomic mass is 16.7. The van der Waals surface area contributed by atoms with Crippen molar-refractivity contribution in [1.29, 1.82) is 0 Å². The molecule has 0 fully saturated rings. The zero-order chi connectivity index (χ0) is 15.8. The minimum Gasteiger partial charge on any atom is -0.454 e. The lowest BCUT2D eigenvalue weighted by molar-refractivity contribution is -0.384. The van der Waals surface area contributed by atoms with Crippen molar-refractivity contribution in [1.82, 2.24) is 9.97 Å². The van der Waals surface area contributed by atoms with Gasteiger partial charge in [0, 0.05) is 18.2 Å². The van der Waals surface area contributed by atoms with E-state index in [0.29, 0.717) is 34.0 Å². The van der Waals surface area contributed by atoms with E-state index in [1.54, 1.807) is 24.3 Å². The molecule has 23 heavy (non-hydrogen) atoms. The lowest BCUT2D eigenvalue weighted by Crippen LogP contribution is -1.93. The van der Waals surface area contributed by atoms with Gasteiger partial charge in [0.25, 0.3) is 5.69 Å². The van der Waals surface area contributed by atoms with Crippen molar-refractivity contribution in [3.05, 3.63) is 52.8 Å². The van der Waals surface area contributed by atoms with E-state index >= 15 is 0 Å². The molecule has 0 spiro atoms. The van der Waals surface area contributed by atoms with Crippen LogP contribution in [0.25, 0.3) is 10.9 Å². The Morgan fingerprint density at radius 2 is 1.96 bits per heavy atom. The predicted molar refractivity (Wildman–Crippen MR) is 78.8 cm³/mol. The summed E-state index contributed by atoms with van der Waals surface area (Å²) in [5, 5.41) is 11.4. The third-order valence-corrected chi connectivity index (χ3v) is 3.35. The molecule has 3 aromatic rings. The van der Waals surface area contributed by atoms with E-state index < -0.39 is 4.92 Å². The number of rotatable bonds is 3. The van der Waals surface area contributed by atoms with Gasteiger partial charge >= 0.3 is 0 Å². The summed E-state index contributed by atoms with van der Waals surface area (Å²) < 4.78 is 16.3. The number of hydrogen-bond acceptors (Lipinski definition) is 7. The Morgan fingerprint density at radius 1 is 1.09 bits per heavy atom. The molecule has 114 valence electrons. The number of fused-ring (bicyclic) bond motifs is 2. The summed E-state index contributed by atoms with van der Waals surface area (Å²) in [6, 6.07) is 9.50. The lowest BCUT2D eigenvalue weighted by atomic mass is 10.2. The van der Waals surface area contributed by atoms with Crippen LogP contribution in [-0.2, 0) is 0 Å². The van der Waals surface area contributed by atoms with Gasteiger partial charge < -0.3 is 14.2 Å². The standard InChI is InChI=1S/C15H9N3O5/c19-18(20)9-1-3-11-12(5-9)16-7-17-15(11)23-10-2-4-13-14(6-10)22-8-21-13/h1-7H,8H2. The van der Waals surface area contributed by atoms with Gasteiger partial charge in [0.05, 0.1) is 15.8 Å². The number of hydrogen-bond donors (Lipinski definition) is 0. The zero-order valence-electron chi connectivity index (χ0n) is 11.6. The van der Waals surface area contributed by atoms with Crippen LogP contribution in [0.2, 0.25) is 0 Å². The van der Waals surface area contributed by atoms with Crippen LogP contribution in [0.1, 0.15) is 0 Å². The molecular formula is C15H9N3O5. The van der Waals surface area contributed by atoms with Crippen molar-refractivity contribution in [2.75, 3.05) is 6.79 Å². The molecule has 2 heterocycles. The summed E-state index contributed by atoms with van der Waals surface area (Å²) in [5.74, 6) is 2.08. The molecule has 8 heteroatoms. The molecule has 0 saturated carbocycles. The fourth-order valence-electron chi connectivity index (χ4n) is 2.27. The first-order chi connectivity index (χ1) is 11.2. The number of non-ortho nitro benzene ring substituents is 1. The van der Waals surface area contributed by atoms with Crippen molar-refractivity contribution >= 4 is 16.6 Å². The third-order valence-electron chi connectivity index (χ3n) is 3.35. The fraction of sp³-hybridized carbons (Fsp3) is 0.0667. The molecule has 8 nitrogen and oxygen atoms in total. The van der Waals surface area contributed by atoms with Gasteiger partial charge in [-0.25, -0.2) is 9.97 Å². The van der Waals surface area contributed by atoms with Crippen molar-refractivity contribution < 1.29 is 19.1 Å². The first-order valence-electron chi connectivity index (χ1n) is 6.67. The Labute approximate surface area is 129 Å². The Bertz CT molecular complexity index is 928. The minimum atomic E-state index is -0.472. The van der Waals surface area contributed by atoms with Crippen LogP contribution in [0, 0.1) is 10.1 Å². The van der Waals surface area contributed by atoms with Gasteiger partial charge in [0.15, 0.2) is 11.5 Å². The monoisotopic (exact) mass is 311 g/mol. The number of nitro benzene ring substituents is 1. The number of nitrogens with zero attached hydrogens (tertiary/aromatic N) is 3. The molecule has 1 aliphatic heterocycles. The molecule has 0 saturated heterocycles. The van der Waals surface area contributed by atoms with Crippen LogP contribution < -0.4 is 14.2 Å². The molecular weight excluding hydrogens is 302 g/mol. The molecule has 0 aliphatic carbocycles. The highest BCUT2D eigenvalue weighted by molar-refractivity contribution is 5.85. The first kappa shape index (κ1) is 13.3. The Balaban J connectivity index is 1.72. The minimum absolute atomic E-state index is 0.0368. The number of nitro groups is 1. The van der Waals surface area contributed by atoms with Gasteiger partial charge in [-0.2, -0.15) is 0 Å². The van der Waals surface area contributed by atoms with Gasteiger partial charge in [-0.15, -0.1) is 0 Å². The average Bonchev–Trinajstić information content (AvgIpc) is 3.02. The highest BCUT2D eigenvalue weighted by Gasteiger charge is 2.16. The third kappa shape index (κ3) is 2.35. The van der Waals surface area contributed by atoms with Gasteiger partial charge in [-0.3, -0.25) is 10.1 Å². The Morgan fingerprint density at radius 3 is 2.83 bits per heavy atom. The second-order valence-electron chi connectivity index (χ2n) is 4.75. The van der Waals surface area contributed by atoms with Gasteiger partial charge in [0.2, 0.25) is 12.7 Å². The number of aromatic nitrogens is 2. The van der Waals surface area contributed by atoms with E-state index in [2.05, 4.69) is 9.97 Å². The van der Waals surface area contributed by atoms with Crippen LogP contribution in [0.4, 0.5) is 5.69 Å². The van der Waals surface area contributed by atoms with E-state index in [4.69, 9.17) is 14.2 Å². The lowest BCUT2D eigenvalue weighted by Gasteiger charge is -2.07. The van der Waals surface area contributed by atoms with Crippen LogP contribution in [0.15, 0.2) is 42.7 Å². The van der Waals surface area contributed by atoms with E-state index in [0.717, 1.165) is 0 Å². The largest absolute Gasteiger partial charge is 0.454 e. The zero-order valence-corrected chi connectivity index (χ0v) is 11.6. The second-order valence-corrected chi connectivity index (χ2v) is 4.75. The molecule has 0 amide bonds. The summed E-state index contributed by atoms with van der Waals surface area (Å²) >= 11 is 0. The SMILES string of the molecule is O=[N+]([O-])c1ccc2c(Oc3ccc4c(c3)OCO4)ncnc2c1. The Hall–Kier alpha value is -3.42. The van der Waals surface area contributed by atoms with Crippen LogP contribution in [-0.4, -0.2) is 21.7 Å². The van der Waals surface area contributed by atoms with Gasteiger partial charge in [-0.05, 0) is 18.2 Å². The smallest absolute Gasteiger partial charge is 0.271 e. The molecule has 1 aliphatic rings. The van der Waals surface area contributed by atoms with E-state index in [-0.39, 0.29) is 12.5 Å². The topological polar surface area (TPSA) is 96.6 Å². The van der Waals surface area contributed by atoms with Crippen molar-refractivity contribution in [3.63, 3.8) is 0 Å². The predicted octanol–water partition coefficient (Wildman–Crippen LogP) is 3.06. The van der Waals surface area contributed by atoms with Crippen LogP contribution >= 0.6 is 0 Å². The van der Waals surface area contributed by atoms with Crippen molar-refractivity contribution in [3.8, 4) is 23.1 Å². The summed E-state index contributed by atoms with van der Waals surface area (Å²) in [6.45, 7) is 0.179. The van der Waals surface area contributed by atoms with E-state index in [9.17, 15) is 10.1 Å². The molecule has 2 aromatic carbocycles. The number of benzene rings is 2. The maximum absolute atomic E-state index is 10.8. The summed E-state index contributed by atoms with van der Waals surface area (Å²) in [4.78, 5) is 18.5. The van der Waals surface area contributed by atoms with Gasteiger partial charge in [0.1, 0.15) is 12.1 Å². The maximum atomic E-state index is 10.8. The van der Waals surface area contributed by atoms with Crippen molar-refractivity contribution in [2.24, 2.45) is 0 Å². The van der Waals surface area contributed by atoms with E-state index in [1.165, 1.54) is 18.5 Å². The summed E-state index contributed by atoms with van der Waals surface area (Å²) in [6.07, 6.45) is 1.30. The quantitative estimate of drug-likeness (QED) is 0.541. The summed E-state index contributed by atoms with van der Waals surface area (Å²) in [7, 11) is 0. The molecule has 1 aromatic heterocycles. The van der Waals surface area contributed by atoms with E-state index in [1.807, 2.05) is 0 Å². The second kappa shape index (κ2) is 5.09. The highest BCUT2D eigenvalue weighted by Crippen LogP contribution is 2.37. The van der Waals surface area contributed by atoms with Crippen LogP contribution in [0.5, 0.6) is 23.1 Å². The first-order valence-corrected chi connectivity index (χ1v) is 6.67. The molecule has 0 N–H and O–H groups in total. The van der Waals surface area contributed by atoms with Crippen molar-refractivity contribution in [2.45, 2.75) is 0 Å². The fourth-order valence-corrected chi connectivity index (χ4v) is 2.27. The Kier molecular flexibility index (Phi) is 2.94. The normalized spacial score (nSPS) is 12.3.